The quantitative estimate of drug-likeness (QED) is 0.921. The second-order valence-corrected chi connectivity index (χ2v) is 8.50. The van der Waals surface area contributed by atoms with Crippen LogP contribution in [0.5, 0.6) is 0 Å². The van der Waals surface area contributed by atoms with Crippen LogP contribution in [-0.2, 0) is 9.84 Å². The van der Waals surface area contributed by atoms with Crippen LogP contribution in [0.25, 0.3) is 10.8 Å². The fourth-order valence-electron chi connectivity index (χ4n) is 2.30. The van der Waals surface area contributed by atoms with Crippen LogP contribution in [0.3, 0.4) is 0 Å². The van der Waals surface area contributed by atoms with Gasteiger partial charge in [-0.3, -0.25) is 4.79 Å². The van der Waals surface area contributed by atoms with E-state index in [9.17, 15) is 13.2 Å². The lowest BCUT2D eigenvalue weighted by Crippen LogP contribution is -2.44. The summed E-state index contributed by atoms with van der Waals surface area (Å²) in [5, 5.41) is 4.83. The van der Waals surface area contributed by atoms with Crippen LogP contribution in [0.4, 0.5) is 0 Å². The standard InChI is InChI=1S/C17H21NO3S/c1-17(2,11-12-22(3,20)21)18-16(19)15-10-6-8-13-7-4-5-9-14(13)15/h4-10H,11-12H2,1-3H3,(H,18,19). The number of nitrogens with one attached hydrogen (secondary N) is 1. The summed E-state index contributed by atoms with van der Waals surface area (Å²) in [7, 11) is -3.04. The van der Waals surface area contributed by atoms with Gasteiger partial charge in [-0.05, 0) is 37.1 Å². The number of hydrogen-bond donors (Lipinski definition) is 1. The van der Waals surface area contributed by atoms with Gasteiger partial charge >= 0.3 is 0 Å². The third-order valence-corrected chi connectivity index (χ3v) is 4.53. The molecule has 0 aliphatic carbocycles. The summed E-state index contributed by atoms with van der Waals surface area (Å²) in [4.78, 5) is 12.5. The molecule has 0 bridgehead atoms. The normalized spacial score (nSPS) is 12.3. The van der Waals surface area contributed by atoms with E-state index in [0.717, 1.165) is 10.8 Å². The summed E-state index contributed by atoms with van der Waals surface area (Å²) in [5.41, 5.74) is 0.0161. The van der Waals surface area contributed by atoms with Crippen molar-refractivity contribution in [3.63, 3.8) is 0 Å². The number of rotatable bonds is 5. The first-order valence-corrected chi connectivity index (χ1v) is 9.22. The van der Waals surface area contributed by atoms with Crippen LogP contribution in [0, 0.1) is 0 Å². The molecule has 0 saturated carbocycles. The maximum Gasteiger partial charge on any atom is 0.252 e. The van der Waals surface area contributed by atoms with E-state index in [2.05, 4.69) is 5.32 Å². The van der Waals surface area contributed by atoms with Crippen LogP contribution in [0.1, 0.15) is 30.6 Å². The average Bonchev–Trinajstić information content (AvgIpc) is 2.43. The Kier molecular flexibility index (Phi) is 4.56. The molecule has 2 aromatic rings. The molecule has 0 heterocycles. The lowest BCUT2D eigenvalue weighted by Gasteiger charge is -2.26. The predicted octanol–water partition coefficient (Wildman–Crippen LogP) is 2.78. The third-order valence-electron chi connectivity index (χ3n) is 3.58. The third kappa shape index (κ3) is 4.31. The average molecular weight is 319 g/mol. The highest BCUT2D eigenvalue weighted by Crippen LogP contribution is 2.20. The van der Waals surface area contributed by atoms with Gasteiger partial charge in [0.25, 0.3) is 5.91 Å². The topological polar surface area (TPSA) is 63.2 Å². The Morgan fingerprint density at radius 3 is 2.41 bits per heavy atom. The Morgan fingerprint density at radius 2 is 1.73 bits per heavy atom. The molecule has 5 heteroatoms. The van der Waals surface area contributed by atoms with Gasteiger partial charge in [0.1, 0.15) is 9.84 Å². The van der Waals surface area contributed by atoms with Gasteiger partial charge in [0.15, 0.2) is 0 Å². The van der Waals surface area contributed by atoms with E-state index < -0.39 is 15.4 Å². The molecule has 0 radical (unpaired) electrons. The molecule has 0 atom stereocenters. The molecule has 1 amide bonds. The van der Waals surface area contributed by atoms with Crippen molar-refractivity contribution in [3.05, 3.63) is 48.0 Å². The number of sulfone groups is 1. The highest BCUT2D eigenvalue weighted by atomic mass is 32.2. The monoisotopic (exact) mass is 319 g/mol. The molecule has 0 aliphatic rings. The van der Waals surface area contributed by atoms with E-state index in [1.807, 2.05) is 50.2 Å². The number of fused-ring (bicyclic) bond motifs is 1. The van der Waals surface area contributed by atoms with Gasteiger partial charge in [-0.2, -0.15) is 0 Å². The zero-order valence-corrected chi connectivity index (χ0v) is 13.9. The molecule has 0 fully saturated rings. The summed E-state index contributed by atoms with van der Waals surface area (Å²) in [5.74, 6) is -0.134. The van der Waals surface area contributed by atoms with Crippen molar-refractivity contribution in [2.45, 2.75) is 25.8 Å². The van der Waals surface area contributed by atoms with Gasteiger partial charge in [0, 0.05) is 17.4 Å². The molecule has 4 nitrogen and oxygen atoms in total. The molecule has 0 aromatic heterocycles. The Hall–Kier alpha value is -1.88. The largest absolute Gasteiger partial charge is 0.347 e. The van der Waals surface area contributed by atoms with Gasteiger partial charge in [-0.1, -0.05) is 36.4 Å². The fraction of sp³-hybridized carbons (Fsp3) is 0.353. The molecule has 2 rings (SSSR count). The molecule has 2 aromatic carbocycles. The van der Waals surface area contributed by atoms with E-state index in [0.29, 0.717) is 12.0 Å². The first kappa shape index (κ1) is 16.5. The van der Waals surface area contributed by atoms with Crippen LogP contribution >= 0.6 is 0 Å². The highest BCUT2D eigenvalue weighted by molar-refractivity contribution is 7.90. The van der Waals surface area contributed by atoms with Gasteiger partial charge in [0.2, 0.25) is 0 Å². The highest BCUT2D eigenvalue weighted by Gasteiger charge is 2.23. The zero-order chi connectivity index (χ0) is 16.4. The van der Waals surface area contributed by atoms with E-state index in [-0.39, 0.29) is 11.7 Å². The number of amides is 1. The summed E-state index contributed by atoms with van der Waals surface area (Å²) in [6, 6.07) is 13.3. The van der Waals surface area contributed by atoms with Crippen LogP contribution in [0.2, 0.25) is 0 Å². The van der Waals surface area contributed by atoms with E-state index in [1.54, 1.807) is 6.07 Å². The Bertz CT molecular complexity index is 789. The second-order valence-electron chi connectivity index (χ2n) is 6.24. The molecular weight excluding hydrogens is 298 g/mol. The maximum absolute atomic E-state index is 12.5. The van der Waals surface area contributed by atoms with Crippen molar-refractivity contribution in [2.75, 3.05) is 12.0 Å². The van der Waals surface area contributed by atoms with Gasteiger partial charge < -0.3 is 5.32 Å². The molecule has 1 N–H and O–H groups in total. The number of carbonyl (C=O) groups excluding carboxylic acids is 1. The minimum Gasteiger partial charge on any atom is -0.347 e. The molecule has 0 saturated heterocycles. The summed E-state index contributed by atoms with van der Waals surface area (Å²) in [6.45, 7) is 3.67. The van der Waals surface area contributed by atoms with Gasteiger partial charge in [-0.25, -0.2) is 8.42 Å². The Morgan fingerprint density at radius 1 is 1.09 bits per heavy atom. The molecule has 0 unspecified atom stereocenters. The lowest BCUT2D eigenvalue weighted by atomic mass is 9.99. The van der Waals surface area contributed by atoms with Crippen LogP contribution in [0.15, 0.2) is 42.5 Å². The first-order valence-electron chi connectivity index (χ1n) is 7.16. The number of hydrogen-bond acceptors (Lipinski definition) is 3. The van der Waals surface area contributed by atoms with Crippen molar-refractivity contribution >= 4 is 26.5 Å². The minimum atomic E-state index is -3.04. The smallest absolute Gasteiger partial charge is 0.252 e. The summed E-state index contributed by atoms with van der Waals surface area (Å²) >= 11 is 0. The van der Waals surface area contributed by atoms with E-state index >= 15 is 0 Å². The predicted molar refractivity (Wildman–Crippen MR) is 89.8 cm³/mol. The second kappa shape index (κ2) is 6.08. The van der Waals surface area contributed by atoms with Crippen LogP contribution < -0.4 is 5.32 Å². The number of benzene rings is 2. The van der Waals surface area contributed by atoms with Crippen molar-refractivity contribution in [1.29, 1.82) is 0 Å². The Balaban J connectivity index is 2.20. The maximum atomic E-state index is 12.5. The van der Waals surface area contributed by atoms with Gasteiger partial charge in [-0.15, -0.1) is 0 Å². The van der Waals surface area contributed by atoms with Gasteiger partial charge in [0.05, 0.1) is 5.75 Å². The molecular formula is C17H21NO3S. The van der Waals surface area contributed by atoms with E-state index in [4.69, 9.17) is 0 Å². The molecule has 0 aliphatic heterocycles. The molecule has 22 heavy (non-hydrogen) atoms. The van der Waals surface area contributed by atoms with Crippen molar-refractivity contribution in [2.24, 2.45) is 0 Å². The van der Waals surface area contributed by atoms with Crippen LogP contribution in [-0.4, -0.2) is 31.9 Å². The minimum absolute atomic E-state index is 0.0514. The van der Waals surface area contributed by atoms with Crippen molar-refractivity contribution < 1.29 is 13.2 Å². The van der Waals surface area contributed by atoms with E-state index in [1.165, 1.54) is 6.26 Å². The molecule has 118 valence electrons. The van der Waals surface area contributed by atoms with Crippen molar-refractivity contribution in [3.8, 4) is 0 Å². The SMILES string of the molecule is CC(C)(CCS(C)(=O)=O)NC(=O)c1cccc2ccccc12. The zero-order valence-electron chi connectivity index (χ0n) is 13.1. The summed E-state index contributed by atoms with van der Waals surface area (Å²) in [6.07, 6.45) is 1.58. The number of carbonyl (C=O) groups is 1. The molecule has 0 spiro atoms. The summed E-state index contributed by atoms with van der Waals surface area (Å²) < 4.78 is 22.6. The van der Waals surface area contributed by atoms with Crippen molar-refractivity contribution in [1.82, 2.24) is 5.32 Å². The first-order chi connectivity index (χ1) is 10.2. The fourth-order valence-corrected chi connectivity index (χ4v) is 3.18. The Labute approximate surface area is 131 Å². The lowest BCUT2D eigenvalue weighted by molar-refractivity contribution is 0.0913.